The fraction of sp³-hybridized carbons (Fsp3) is 0.375. The van der Waals surface area contributed by atoms with E-state index < -0.39 is 0 Å². The highest BCUT2D eigenvalue weighted by molar-refractivity contribution is 6.14. The highest BCUT2D eigenvalue weighted by Gasteiger charge is 2.13. The second-order valence-electron chi connectivity index (χ2n) is 8.00. The van der Waals surface area contributed by atoms with Gasteiger partial charge in [0, 0.05) is 22.4 Å². The molecule has 1 saturated heterocycles. The smallest absolute Gasteiger partial charge is 0.155 e. The Morgan fingerprint density at radius 1 is 1.10 bits per heavy atom. The summed E-state index contributed by atoms with van der Waals surface area (Å²) in [4.78, 5) is 6.74. The van der Waals surface area contributed by atoms with Gasteiger partial charge in [-0.3, -0.25) is 10.5 Å². The minimum Gasteiger partial charge on any atom is -0.494 e. The maximum atomic E-state index is 8.70. The molecule has 0 unspecified atom stereocenters. The molecule has 4 rings (SSSR count). The number of rotatable bonds is 9. The summed E-state index contributed by atoms with van der Waals surface area (Å²) in [5, 5.41) is 15.4. The lowest BCUT2D eigenvalue weighted by atomic mass is 9.98. The molecule has 0 spiro atoms. The third-order valence-corrected chi connectivity index (χ3v) is 5.72. The molecule has 3 aromatic rings. The first-order chi connectivity index (χ1) is 15.2. The Labute approximate surface area is 183 Å². The maximum Gasteiger partial charge on any atom is 0.155 e. The molecular weight excluding hydrogens is 388 g/mol. The number of anilines is 1. The molecule has 31 heavy (non-hydrogen) atoms. The SMILES string of the molecule is N=C(c1cccc(OCCCCN2CCCCC2)c1)c1cc(-c2ncn[nH]2)ccc1N. The van der Waals surface area contributed by atoms with Crippen LogP contribution in [0, 0.1) is 5.41 Å². The van der Waals surface area contributed by atoms with Crippen molar-refractivity contribution in [1.29, 1.82) is 5.41 Å². The lowest BCUT2D eigenvalue weighted by molar-refractivity contribution is 0.216. The minimum atomic E-state index is 0.356. The van der Waals surface area contributed by atoms with Crippen LogP contribution in [0.2, 0.25) is 0 Å². The van der Waals surface area contributed by atoms with Crippen molar-refractivity contribution in [2.45, 2.75) is 32.1 Å². The molecule has 1 aliphatic rings. The molecule has 0 bridgehead atoms. The number of hydrogen-bond donors (Lipinski definition) is 3. The van der Waals surface area contributed by atoms with E-state index in [-0.39, 0.29) is 0 Å². The van der Waals surface area contributed by atoms with Crippen molar-refractivity contribution in [3.63, 3.8) is 0 Å². The lowest BCUT2D eigenvalue weighted by Gasteiger charge is -2.26. The van der Waals surface area contributed by atoms with Gasteiger partial charge in [0.15, 0.2) is 5.82 Å². The average Bonchev–Trinajstić information content (AvgIpc) is 3.35. The van der Waals surface area contributed by atoms with Gasteiger partial charge >= 0.3 is 0 Å². The first kappa shape index (κ1) is 21.1. The number of likely N-dealkylation sites (tertiary alicyclic amines) is 1. The molecule has 0 amide bonds. The summed E-state index contributed by atoms with van der Waals surface area (Å²) in [6, 6.07) is 13.2. The van der Waals surface area contributed by atoms with Crippen LogP contribution in [0.25, 0.3) is 11.4 Å². The third kappa shape index (κ3) is 5.49. The van der Waals surface area contributed by atoms with Gasteiger partial charge in [0.2, 0.25) is 0 Å². The summed E-state index contributed by atoms with van der Waals surface area (Å²) in [6.07, 6.45) is 7.69. The number of H-pyrrole nitrogens is 1. The van der Waals surface area contributed by atoms with E-state index in [1.807, 2.05) is 36.4 Å². The largest absolute Gasteiger partial charge is 0.494 e. The van der Waals surface area contributed by atoms with Crippen molar-refractivity contribution in [1.82, 2.24) is 20.1 Å². The molecule has 0 atom stereocenters. The lowest BCUT2D eigenvalue weighted by Crippen LogP contribution is -2.30. The molecule has 7 heteroatoms. The fourth-order valence-electron chi connectivity index (χ4n) is 3.97. The van der Waals surface area contributed by atoms with Crippen molar-refractivity contribution in [3.8, 4) is 17.1 Å². The third-order valence-electron chi connectivity index (χ3n) is 5.72. The van der Waals surface area contributed by atoms with Crippen LogP contribution in [0.3, 0.4) is 0 Å². The number of benzene rings is 2. The van der Waals surface area contributed by atoms with E-state index in [2.05, 4.69) is 20.1 Å². The first-order valence-corrected chi connectivity index (χ1v) is 11.0. The van der Waals surface area contributed by atoms with Gasteiger partial charge in [-0.15, -0.1) is 0 Å². The van der Waals surface area contributed by atoms with E-state index in [1.165, 1.54) is 38.7 Å². The predicted octanol–water partition coefficient (Wildman–Crippen LogP) is 4.11. The van der Waals surface area contributed by atoms with Crippen molar-refractivity contribution >= 4 is 11.4 Å². The van der Waals surface area contributed by atoms with Crippen molar-refractivity contribution in [2.24, 2.45) is 0 Å². The molecule has 7 nitrogen and oxygen atoms in total. The Morgan fingerprint density at radius 3 is 2.77 bits per heavy atom. The van der Waals surface area contributed by atoms with E-state index in [9.17, 15) is 0 Å². The van der Waals surface area contributed by atoms with Crippen molar-refractivity contribution < 1.29 is 4.74 Å². The molecule has 4 N–H and O–H groups in total. The van der Waals surface area contributed by atoms with Gasteiger partial charge in [-0.1, -0.05) is 18.6 Å². The molecule has 1 fully saturated rings. The summed E-state index contributed by atoms with van der Waals surface area (Å²) in [5.74, 6) is 1.43. The second kappa shape index (κ2) is 10.2. The van der Waals surface area contributed by atoms with E-state index in [1.54, 1.807) is 6.07 Å². The summed E-state index contributed by atoms with van der Waals surface area (Å²) < 4.78 is 5.97. The molecule has 2 heterocycles. The Balaban J connectivity index is 1.35. The zero-order valence-corrected chi connectivity index (χ0v) is 17.8. The van der Waals surface area contributed by atoms with E-state index in [0.29, 0.717) is 29.4 Å². The van der Waals surface area contributed by atoms with Gasteiger partial charge < -0.3 is 15.4 Å². The van der Waals surface area contributed by atoms with Gasteiger partial charge in [-0.05, 0) is 75.6 Å². The van der Waals surface area contributed by atoms with Gasteiger partial charge in [-0.2, -0.15) is 5.10 Å². The van der Waals surface area contributed by atoms with Crippen LogP contribution >= 0.6 is 0 Å². The molecule has 2 aromatic carbocycles. The number of ether oxygens (including phenoxy) is 1. The Morgan fingerprint density at radius 2 is 1.97 bits per heavy atom. The summed E-state index contributed by atoms with van der Waals surface area (Å²) >= 11 is 0. The maximum absolute atomic E-state index is 8.70. The van der Waals surface area contributed by atoms with Crippen LogP contribution in [0.15, 0.2) is 48.8 Å². The number of nitrogens with zero attached hydrogens (tertiary/aromatic N) is 3. The van der Waals surface area contributed by atoms with Crippen LogP contribution < -0.4 is 10.5 Å². The number of nitrogens with one attached hydrogen (secondary N) is 2. The van der Waals surface area contributed by atoms with Crippen LogP contribution in [0.4, 0.5) is 5.69 Å². The van der Waals surface area contributed by atoms with Crippen LogP contribution in [-0.4, -0.2) is 52.0 Å². The van der Waals surface area contributed by atoms with Crippen molar-refractivity contribution in [3.05, 3.63) is 59.9 Å². The number of hydrogen-bond acceptors (Lipinski definition) is 6. The highest BCUT2D eigenvalue weighted by Crippen LogP contribution is 2.24. The molecule has 1 aromatic heterocycles. The molecule has 0 saturated carbocycles. The molecule has 1 aliphatic heterocycles. The number of nitrogen functional groups attached to an aromatic ring is 1. The zero-order chi connectivity index (χ0) is 21.5. The van der Waals surface area contributed by atoms with Gasteiger partial charge in [0.25, 0.3) is 0 Å². The van der Waals surface area contributed by atoms with Crippen LogP contribution in [0.1, 0.15) is 43.2 Å². The molecule has 0 aliphatic carbocycles. The minimum absolute atomic E-state index is 0.356. The number of nitrogens with two attached hydrogens (primary N) is 1. The van der Waals surface area contributed by atoms with Crippen LogP contribution in [0.5, 0.6) is 5.75 Å². The summed E-state index contributed by atoms with van der Waals surface area (Å²) in [5.41, 5.74) is 9.35. The normalized spacial score (nSPS) is 14.5. The standard InChI is InChI=1S/C24H30N6O/c25-22-10-9-19(24-27-17-28-29-24)16-21(22)23(26)18-7-6-8-20(15-18)31-14-5-4-13-30-11-2-1-3-12-30/h6-10,15-17,26H,1-5,11-14,25H2,(H,27,28,29). The van der Waals surface area contributed by atoms with Gasteiger partial charge in [0.1, 0.15) is 12.1 Å². The van der Waals surface area contributed by atoms with E-state index >= 15 is 0 Å². The zero-order valence-electron chi connectivity index (χ0n) is 17.8. The summed E-state index contributed by atoms with van der Waals surface area (Å²) in [7, 11) is 0. The van der Waals surface area contributed by atoms with Gasteiger partial charge in [-0.25, -0.2) is 4.98 Å². The quantitative estimate of drug-likeness (QED) is 0.276. The number of aromatic nitrogens is 3. The van der Waals surface area contributed by atoms with Crippen molar-refractivity contribution in [2.75, 3.05) is 32.0 Å². The average molecular weight is 419 g/mol. The monoisotopic (exact) mass is 418 g/mol. The second-order valence-corrected chi connectivity index (χ2v) is 8.00. The summed E-state index contributed by atoms with van der Waals surface area (Å²) in [6.45, 7) is 4.33. The Kier molecular flexibility index (Phi) is 6.94. The number of unbranched alkanes of at least 4 members (excludes halogenated alkanes) is 1. The number of aromatic amines is 1. The molecular formula is C24H30N6O. The molecule has 0 radical (unpaired) electrons. The Bertz CT molecular complexity index is 995. The predicted molar refractivity (Wildman–Crippen MR) is 124 cm³/mol. The van der Waals surface area contributed by atoms with Crippen LogP contribution in [-0.2, 0) is 0 Å². The first-order valence-electron chi connectivity index (χ1n) is 11.0. The topological polar surface area (TPSA) is 104 Å². The molecule has 162 valence electrons. The highest BCUT2D eigenvalue weighted by atomic mass is 16.5. The fourth-order valence-corrected chi connectivity index (χ4v) is 3.97. The van der Waals surface area contributed by atoms with E-state index in [0.717, 1.165) is 36.3 Å². The van der Waals surface area contributed by atoms with Gasteiger partial charge in [0.05, 0.1) is 12.3 Å². The van der Waals surface area contributed by atoms with E-state index in [4.69, 9.17) is 15.9 Å². The Hall–Kier alpha value is -3.19. The number of piperidine rings is 1.